The third kappa shape index (κ3) is 5.00. The first-order valence-corrected chi connectivity index (χ1v) is 9.73. The van der Waals surface area contributed by atoms with Gasteiger partial charge in [-0.25, -0.2) is 9.97 Å². The Morgan fingerprint density at radius 2 is 1.85 bits per heavy atom. The summed E-state index contributed by atoms with van der Waals surface area (Å²) in [6.45, 7) is -0.248. The highest BCUT2D eigenvalue weighted by Gasteiger charge is 2.46. The van der Waals surface area contributed by atoms with Crippen LogP contribution < -0.4 is 10.1 Å². The van der Waals surface area contributed by atoms with E-state index in [2.05, 4.69) is 15.3 Å². The molecule has 1 fully saturated rings. The topological polar surface area (TPSA) is 67.3 Å². The molecule has 4 rings (SSSR count). The van der Waals surface area contributed by atoms with E-state index in [-0.39, 0.29) is 37.0 Å². The molecule has 0 saturated carbocycles. The zero-order chi connectivity index (χ0) is 23.8. The van der Waals surface area contributed by atoms with Crippen LogP contribution in [0.1, 0.15) is 16.1 Å². The third-order valence-corrected chi connectivity index (χ3v) is 5.05. The Labute approximate surface area is 183 Å². The van der Waals surface area contributed by atoms with Crippen molar-refractivity contribution >= 4 is 16.8 Å². The van der Waals surface area contributed by atoms with Crippen molar-refractivity contribution in [2.45, 2.75) is 18.4 Å². The van der Waals surface area contributed by atoms with Crippen molar-refractivity contribution in [2.24, 2.45) is 0 Å². The Kier molecular flexibility index (Phi) is 5.87. The first-order valence-electron chi connectivity index (χ1n) is 9.73. The fraction of sp³-hybridized carbons (Fsp3) is 0.286. The molecule has 0 bridgehead atoms. The highest BCUT2D eigenvalue weighted by molar-refractivity contribution is 5.95. The second kappa shape index (κ2) is 8.50. The van der Waals surface area contributed by atoms with Crippen LogP contribution in [0.2, 0.25) is 0 Å². The molecular formula is C21H16F6N4O2. The summed E-state index contributed by atoms with van der Waals surface area (Å²) >= 11 is 0. The first kappa shape index (κ1) is 22.8. The van der Waals surface area contributed by atoms with Crippen molar-refractivity contribution in [1.29, 1.82) is 0 Å². The van der Waals surface area contributed by atoms with Crippen molar-refractivity contribution < 1.29 is 35.9 Å². The van der Waals surface area contributed by atoms with Gasteiger partial charge in [0.05, 0.1) is 11.1 Å². The summed E-state index contributed by atoms with van der Waals surface area (Å²) < 4.78 is 83.3. The molecule has 1 unspecified atom stereocenters. The highest BCUT2D eigenvalue weighted by atomic mass is 19.4. The molecule has 3 heterocycles. The average Bonchev–Trinajstić information content (AvgIpc) is 2.77. The number of rotatable bonds is 3. The van der Waals surface area contributed by atoms with Gasteiger partial charge in [-0.15, -0.1) is 0 Å². The predicted octanol–water partition coefficient (Wildman–Crippen LogP) is 4.42. The summed E-state index contributed by atoms with van der Waals surface area (Å²) in [6.07, 6.45) is -8.43. The van der Waals surface area contributed by atoms with E-state index >= 15 is 0 Å². The SMILES string of the molecule is O=C(c1ccc2cc(Oc3ccc(C(F)(F)F)cn3)ccc2n1)N1CCNCC1C(F)(F)F. The summed E-state index contributed by atoms with van der Waals surface area (Å²) in [6, 6.07) is 7.29. The minimum Gasteiger partial charge on any atom is -0.439 e. The number of aromatic nitrogens is 2. The lowest BCUT2D eigenvalue weighted by Gasteiger charge is -2.36. The molecule has 0 spiro atoms. The van der Waals surface area contributed by atoms with Crippen LogP contribution in [-0.2, 0) is 6.18 Å². The number of halogens is 6. The molecule has 1 N–H and O–H groups in total. The van der Waals surface area contributed by atoms with Crippen LogP contribution in [0.3, 0.4) is 0 Å². The van der Waals surface area contributed by atoms with Gasteiger partial charge in [0.15, 0.2) is 0 Å². The van der Waals surface area contributed by atoms with Gasteiger partial charge in [0.2, 0.25) is 5.88 Å². The molecule has 1 aromatic carbocycles. The fourth-order valence-electron chi connectivity index (χ4n) is 3.40. The van der Waals surface area contributed by atoms with E-state index < -0.39 is 29.9 Å². The second-order valence-electron chi connectivity index (χ2n) is 7.30. The Morgan fingerprint density at radius 3 is 2.52 bits per heavy atom. The molecule has 1 aliphatic rings. The maximum absolute atomic E-state index is 13.3. The number of fused-ring (bicyclic) bond motifs is 1. The van der Waals surface area contributed by atoms with Crippen LogP contribution in [-0.4, -0.2) is 52.6 Å². The monoisotopic (exact) mass is 470 g/mol. The maximum Gasteiger partial charge on any atom is 0.417 e. The molecule has 6 nitrogen and oxygen atoms in total. The van der Waals surface area contributed by atoms with E-state index in [0.717, 1.165) is 17.0 Å². The summed E-state index contributed by atoms with van der Waals surface area (Å²) in [5.41, 5.74) is -0.698. The van der Waals surface area contributed by atoms with Gasteiger partial charge in [0.1, 0.15) is 17.5 Å². The summed E-state index contributed by atoms with van der Waals surface area (Å²) in [5, 5.41) is 3.15. The smallest absolute Gasteiger partial charge is 0.417 e. The minimum atomic E-state index is -4.57. The van der Waals surface area contributed by atoms with Crippen LogP contribution in [0.25, 0.3) is 10.9 Å². The molecule has 1 saturated heterocycles. The number of amides is 1. The Balaban J connectivity index is 1.53. The van der Waals surface area contributed by atoms with Gasteiger partial charge < -0.3 is 15.0 Å². The number of nitrogens with one attached hydrogen (secondary N) is 1. The van der Waals surface area contributed by atoms with Crippen molar-refractivity contribution in [3.63, 3.8) is 0 Å². The number of carbonyl (C=O) groups excluding carboxylic acids is 1. The van der Waals surface area contributed by atoms with E-state index in [9.17, 15) is 31.1 Å². The number of piperazine rings is 1. The van der Waals surface area contributed by atoms with Crippen LogP contribution in [0.15, 0.2) is 48.7 Å². The second-order valence-corrected chi connectivity index (χ2v) is 7.30. The molecule has 33 heavy (non-hydrogen) atoms. The van der Waals surface area contributed by atoms with Gasteiger partial charge in [-0.3, -0.25) is 4.79 Å². The summed E-state index contributed by atoms with van der Waals surface area (Å²) in [5.74, 6) is -0.621. The van der Waals surface area contributed by atoms with Crippen LogP contribution in [0, 0.1) is 0 Å². The number of benzene rings is 1. The van der Waals surface area contributed by atoms with Crippen molar-refractivity contribution in [3.8, 4) is 11.6 Å². The lowest BCUT2D eigenvalue weighted by molar-refractivity contribution is -0.179. The van der Waals surface area contributed by atoms with Gasteiger partial charge in [-0.1, -0.05) is 6.07 Å². The zero-order valence-corrected chi connectivity index (χ0v) is 16.7. The standard InChI is InChI=1S/C21H16F6N4O2/c22-20(23,24)13-2-6-18(29-10-13)33-14-3-5-15-12(9-14)1-4-16(30-15)19(32)31-8-7-28-11-17(31)21(25,26)27/h1-6,9-10,17,28H,7-8,11H2. The Bertz CT molecular complexity index is 1160. The molecular weight excluding hydrogens is 454 g/mol. The van der Waals surface area contributed by atoms with Gasteiger partial charge >= 0.3 is 12.4 Å². The Hall–Kier alpha value is -3.41. The van der Waals surface area contributed by atoms with E-state index in [4.69, 9.17) is 4.74 Å². The normalized spacial score (nSPS) is 17.3. The Morgan fingerprint density at radius 1 is 1.06 bits per heavy atom. The van der Waals surface area contributed by atoms with Gasteiger partial charge in [-0.2, -0.15) is 26.3 Å². The zero-order valence-electron chi connectivity index (χ0n) is 16.7. The van der Waals surface area contributed by atoms with Crippen molar-refractivity contribution in [1.82, 2.24) is 20.2 Å². The number of carbonyl (C=O) groups is 1. The fourth-order valence-corrected chi connectivity index (χ4v) is 3.40. The highest BCUT2D eigenvalue weighted by Crippen LogP contribution is 2.31. The van der Waals surface area contributed by atoms with Gasteiger partial charge in [0.25, 0.3) is 5.91 Å². The molecule has 12 heteroatoms. The molecule has 0 radical (unpaired) electrons. The lowest BCUT2D eigenvalue weighted by atomic mass is 10.1. The average molecular weight is 470 g/mol. The summed E-state index contributed by atoms with van der Waals surface area (Å²) in [4.78, 5) is 21.3. The van der Waals surface area contributed by atoms with Gasteiger partial charge in [0, 0.05) is 37.3 Å². The third-order valence-electron chi connectivity index (χ3n) is 5.05. The molecule has 0 aliphatic carbocycles. The number of hydrogen-bond donors (Lipinski definition) is 1. The molecule has 3 aromatic rings. The van der Waals surface area contributed by atoms with Crippen LogP contribution >= 0.6 is 0 Å². The van der Waals surface area contributed by atoms with E-state index in [1.807, 2.05) is 0 Å². The summed E-state index contributed by atoms with van der Waals surface area (Å²) in [7, 11) is 0. The molecule has 1 aliphatic heterocycles. The largest absolute Gasteiger partial charge is 0.439 e. The van der Waals surface area contributed by atoms with Gasteiger partial charge in [-0.05, 0) is 30.3 Å². The van der Waals surface area contributed by atoms with Crippen molar-refractivity contribution in [2.75, 3.05) is 19.6 Å². The number of nitrogens with zero attached hydrogens (tertiary/aromatic N) is 3. The number of pyridine rings is 2. The molecule has 174 valence electrons. The quantitative estimate of drug-likeness (QED) is 0.575. The molecule has 1 amide bonds. The van der Waals surface area contributed by atoms with E-state index in [1.54, 1.807) is 0 Å². The number of hydrogen-bond acceptors (Lipinski definition) is 5. The number of alkyl halides is 6. The minimum absolute atomic E-state index is 0.0565. The van der Waals surface area contributed by atoms with E-state index in [0.29, 0.717) is 17.1 Å². The number of ether oxygens (including phenoxy) is 1. The molecule has 2 aromatic heterocycles. The molecule has 1 atom stereocenters. The predicted molar refractivity (Wildman–Crippen MR) is 105 cm³/mol. The lowest BCUT2D eigenvalue weighted by Crippen LogP contribution is -2.59. The first-order chi connectivity index (χ1) is 15.5. The van der Waals surface area contributed by atoms with E-state index in [1.165, 1.54) is 30.3 Å². The van der Waals surface area contributed by atoms with Crippen LogP contribution in [0.4, 0.5) is 26.3 Å². The maximum atomic E-state index is 13.3. The van der Waals surface area contributed by atoms with Crippen molar-refractivity contribution in [3.05, 3.63) is 59.9 Å². The van der Waals surface area contributed by atoms with Crippen LogP contribution in [0.5, 0.6) is 11.6 Å².